The van der Waals surface area contributed by atoms with Gasteiger partial charge in [-0.1, -0.05) is 35.6 Å². The zero-order chi connectivity index (χ0) is 27.6. The van der Waals surface area contributed by atoms with Crippen LogP contribution in [0.2, 0.25) is 0 Å². The Bertz CT molecular complexity index is 1900. The highest BCUT2D eigenvalue weighted by atomic mass is 32.1. The van der Waals surface area contributed by atoms with E-state index in [0.717, 1.165) is 15.8 Å². The van der Waals surface area contributed by atoms with Crippen molar-refractivity contribution < 1.29 is 19.6 Å². The molecule has 0 radical (unpaired) electrons. The number of aliphatic hydroxyl groups excluding tert-OH is 1. The summed E-state index contributed by atoms with van der Waals surface area (Å²) in [7, 11) is 0. The first-order valence-electron chi connectivity index (χ1n) is 12.0. The van der Waals surface area contributed by atoms with Gasteiger partial charge in [0, 0.05) is 18.3 Å². The number of thiazole rings is 1. The molecule has 1 atom stereocenters. The highest BCUT2D eigenvalue weighted by Gasteiger charge is 2.49. The summed E-state index contributed by atoms with van der Waals surface area (Å²) >= 11 is 1.23. The Labute approximate surface area is 225 Å². The van der Waals surface area contributed by atoms with E-state index in [4.69, 9.17) is 0 Å². The van der Waals surface area contributed by atoms with Gasteiger partial charge in [-0.3, -0.25) is 24.6 Å². The maximum absolute atomic E-state index is 13.6. The van der Waals surface area contributed by atoms with E-state index in [9.17, 15) is 24.8 Å². The number of imidazole rings is 1. The zero-order valence-corrected chi connectivity index (χ0v) is 21.9. The standard InChI is InChI=1S/C28H21N5O5S/c1-14-9-10-19-20(12-14)39-28(29-19)32-23(17-7-4-8-18(13-17)33(37)38)21(25(35)27(32)36)24(34)22-16(3)31-11-5-6-15(2)26(31)30-22/h4-13,23,34H,1-3H3/b24-21+. The van der Waals surface area contributed by atoms with Crippen molar-refractivity contribution in [1.29, 1.82) is 0 Å². The Kier molecular flexibility index (Phi) is 5.54. The molecular weight excluding hydrogens is 518 g/mol. The molecule has 0 aliphatic carbocycles. The van der Waals surface area contributed by atoms with Crippen LogP contribution < -0.4 is 4.90 Å². The molecule has 1 N–H and O–H groups in total. The maximum atomic E-state index is 13.6. The third kappa shape index (κ3) is 3.77. The Morgan fingerprint density at radius 1 is 1.05 bits per heavy atom. The molecule has 0 bridgehead atoms. The van der Waals surface area contributed by atoms with Crippen molar-refractivity contribution in [3.63, 3.8) is 0 Å². The summed E-state index contributed by atoms with van der Waals surface area (Å²) in [5.41, 5.74) is 3.71. The topological polar surface area (TPSA) is 131 Å². The van der Waals surface area contributed by atoms with Gasteiger partial charge in [-0.15, -0.1) is 0 Å². The van der Waals surface area contributed by atoms with Crippen LogP contribution >= 0.6 is 11.3 Å². The number of aromatic nitrogens is 3. The monoisotopic (exact) mass is 539 g/mol. The number of Topliss-reactive ketones (excluding diaryl/α,β-unsaturated/α-hetero) is 1. The van der Waals surface area contributed by atoms with Gasteiger partial charge >= 0.3 is 5.91 Å². The molecular formula is C28H21N5O5S. The van der Waals surface area contributed by atoms with Gasteiger partial charge in [0.15, 0.2) is 10.9 Å². The summed E-state index contributed by atoms with van der Waals surface area (Å²) in [4.78, 5) is 48.5. The lowest BCUT2D eigenvalue weighted by Gasteiger charge is -2.22. The summed E-state index contributed by atoms with van der Waals surface area (Å²) in [6.45, 7) is 5.57. The van der Waals surface area contributed by atoms with E-state index in [1.165, 1.54) is 34.4 Å². The van der Waals surface area contributed by atoms with E-state index in [2.05, 4.69) is 9.97 Å². The molecule has 3 aromatic heterocycles. The van der Waals surface area contributed by atoms with E-state index >= 15 is 0 Å². The number of hydrogen-bond acceptors (Lipinski definition) is 8. The Morgan fingerprint density at radius 2 is 1.85 bits per heavy atom. The van der Waals surface area contributed by atoms with E-state index in [1.807, 2.05) is 44.2 Å². The first-order chi connectivity index (χ1) is 18.7. The summed E-state index contributed by atoms with van der Waals surface area (Å²) in [5, 5.41) is 23.4. The maximum Gasteiger partial charge on any atom is 0.301 e. The van der Waals surface area contributed by atoms with Crippen LogP contribution in [0.4, 0.5) is 10.8 Å². The number of nitro benzene ring substituents is 1. The number of fused-ring (bicyclic) bond motifs is 2. The second-order valence-electron chi connectivity index (χ2n) is 9.42. The number of aryl methyl sites for hydroxylation is 3. The largest absolute Gasteiger partial charge is 0.505 e. The van der Waals surface area contributed by atoms with Crippen molar-refractivity contribution in [2.75, 3.05) is 4.90 Å². The van der Waals surface area contributed by atoms with Crippen molar-refractivity contribution in [2.45, 2.75) is 26.8 Å². The summed E-state index contributed by atoms with van der Waals surface area (Å²) < 4.78 is 2.61. The predicted molar refractivity (Wildman–Crippen MR) is 147 cm³/mol. The molecule has 6 rings (SSSR count). The van der Waals surface area contributed by atoms with Gasteiger partial charge in [0.1, 0.15) is 11.3 Å². The number of hydrogen-bond donors (Lipinski definition) is 1. The number of benzene rings is 2. The number of anilines is 1. The van der Waals surface area contributed by atoms with E-state index in [-0.39, 0.29) is 27.6 Å². The highest BCUT2D eigenvalue weighted by Crippen LogP contribution is 2.45. The van der Waals surface area contributed by atoms with Crippen LogP contribution in [0.15, 0.2) is 66.4 Å². The van der Waals surface area contributed by atoms with Crippen LogP contribution in [-0.4, -0.2) is 36.1 Å². The predicted octanol–water partition coefficient (Wildman–Crippen LogP) is 5.40. The zero-order valence-electron chi connectivity index (χ0n) is 21.1. The van der Waals surface area contributed by atoms with Crippen molar-refractivity contribution in [3.8, 4) is 0 Å². The van der Waals surface area contributed by atoms with E-state index in [0.29, 0.717) is 16.9 Å². The minimum Gasteiger partial charge on any atom is -0.505 e. The number of amides is 1. The Morgan fingerprint density at radius 3 is 2.59 bits per heavy atom. The molecule has 5 aromatic rings. The summed E-state index contributed by atoms with van der Waals surface area (Å²) in [5.74, 6) is -2.26. The number of carbonyl (C=O) groups excluding carboxylic acids is 2. The number of pyridine rings is 1. The van der Waals surface area contributed by atoms with Gasteiger partial charge in [-0.25, -0.2) is 9.97 Å². The average Bonchev–Trinajstić information content (AvgIpc) is 3.56. The normalized spacial score (nSPS) is 17.0. The van der Waals surface area contributed by atoms with Gasteiger partial charge in [-0.2, -0.15) is 0 Å². The molecule has 4 heterocycles. The number of nitro groups is 1. The second kappa shape index (κ2) is 8.84. The molecule has 1 fully saturated rings. The van der Waals surface area contributed by atoms with Gasteiger partial charge in [0.25, 0.3) is 11.5 Å². The average molecular weight is 540 g/mol. The number of rotatable bonds is 4. The van der Waals surface area contributed by atoms with Crippen molar-refractivity contribution in [1.82, 2.24) is 14.4 Å². The fraction of sp³-hybridized carbons (Fsp3) is 0.143. The van der Waals surface area contributed by atoms with Gasteiger partial charge in [0.2, 0.25) is 0 Å². The molecule has 2 aromatic carbocycles. The minimum atomic E-state index is -1.16. The summed E-state index contributed by atoms with van der Waals surface area (Å²) in [6.07, 6.45) is 1.79. The van der Waals surface area contributed by atoms with Gasteiger partial charge in [-0.05, 0) is 55.7 Å². The van der Waals surface area contributed by atoms with E-state index in [1.54, 1.807) is 23.6 Å². The molecule has 11 heteroatoms. The minimum absolute atomic E-state index is 0.151. The first-order valence-corrected chi connectivity index (χ1v) is 12.8. The van der Waals surface area contributed by atoms with Crippen LogP contribution in [-0.2, 0) is 9.59 Å². The lowest BCUT2D eigenvalue weighted by molar-refractivity contribution is -0.384. The highest BCUT2D eigenvalue weighted by molar-refractivity contribution is 7.22. The van der Waals surface area contributed by atoms with Crippen LogP contribution in [0.3, 0.4) is 0 Å². The van der Waals surface area contributed by atoms with E-state index < -0.39 is 28.4 Å². The number of aliphatic hydroxyl groups is 1. The number of non-ortho nitro benzene ring substituents is 1. The van der Waals surface area contributed by atoms with Crippen LogP contribution in [0, 0.1) is 30.9 Å². The Balaban J connectivity index is 1.62. The third-order valence-corrected chi connectivity index (χ3v) is 7.91. The molecule has 194 valence electrons. The van der Waals surface area contributed by atoms with Crippen LogP contribution in [0.25, 0.3) is 21.6 Å². The van der Waals surface area contributed by atoms with Gasteiger partial charge in [0.05, 0.1) is 32.4 Å². The summed E-state index contributed by atoms with van der Waals surface area (Å²) in [6, 6.07) is 13.9. The molecule has 1 aliphatic heterocycles. The molecule has 0 saturated carbocycles. The fourth-order valence-corrected chi connectivity index (χ4v) is 6.04. The first kappa shape index (κ1) is 24.4. The van der Waals surface area contributed by atoms with Crippen molar-refractivity contribution in [2.24, 2.45) is 0 Å². The molecule has 1 saturated heterocycles. The van der Waals surface area contributed by atoms with Crippen molar-refractivity contribution in [3.05, 3.63) is 105 Å². The lowest BCUT2D eigenvalue weighted by atomic mass is 9.96. The Hall–Kier alpha value is -4.90. The number of nitrogens with zero attached hydrogens (tertiary/aromatic N) is 5. The fourth-order valence-electron chi connectivity index (χ4n) is 4.95. The van der Waals surface area contributed by atoms with Gasteiger partial charge < -0.3 is 9.51 Å². The third-order valence-electron chi connectivity index (χ3n) is 6.89. The SMILES string of the molecule is Cc1ccc2nc(N3C(=O)C(=O)/C(=C(/O)c4nc5c(C)cccn5c4C)C3c3cccc([N+](=O)[O-])c3)sc2c1. The second-order valence-corrected chi connectivity index (χ2v) is 10.4. The molecule has 39 heavy (non-hydrogen) atoms. The molecule has 1 amide bonds. The smallest absolute Gasteiger partial charge is 0.301 e. The lowest BCUT2D eigenvalue weighted by Crippen LogP contribution is -2.29. The molecule has 1 unspecified atom stereocenters. The number of carbonyl (C=O) groups is 2. The molecule has 0 spiro atoms. The van der Waals surface area contributed by atoms with Crippen LogP contribution in [0.5, 0.6) is 0 Å². The molecule has 1 aliphatic rings. The van der Waals surface area contributed by atoms with Crippen LogP contribution in [0.1, 0.15) is 34.1 Å². The quantitative estimate of drug-likeness (QED) is 0.106. The number of ketones is 1. The van der Waals surface area contributed by atoms with Crippen molar-refractivity contribution >= 4 is 55.5 Å². The molecule has 10 nitrogen and oxygen atoms in total.